The van der Waals surface area contributed by atoms with Crippen molar-refractivity contribution in [3.05, 3.63) is 0 Å². The molecule has 2 heterocycles. The number of halogens is 3. The van der Waals surface area contributed by atoms with Gasteiger partial charge in [-0.15, -0.1) is 11.8 Å². The Bertz CT molecular complexity index is 500. The molecule has 0 aromatic carbocycles. The van der Waals surface area contributed by atoms with Crippen LogP contribution in [-0.4, -0.2) is 84.2 Å². The maximum absolute atomic E-state index is 13.4. The third kappa shape index (κ3) is 5.26. The number of carbonyl (C=O) groups is 2. The second-order valence-electron chi connectivity index (χ2n) is 6.72. The van der Waals surface area contributed by atoms with Crippen LogP contribution in [0, 0.1) is 5.92 Å². The van der Waals surface area contributed by atoms with Crippen LogP contribution in [-0.2, 0) is 9.59 Å². The number of piperazine rings is 1. The van der Waals surface area contributed by atoms with E-state index in [4.69, 9.17) is 0 Å². The molecule has 2 amide bonds. The predicted molar refractivity (Wildman–Crippen MR) is 94.7 cm³/mol. The molecule has 0 aromatic heterocycles. The molecule has 150 valence electrons. The van der Waals surface area contributed by atoms with Gasteiger partial charge in [0.25, 0.3) is 0 Å². The van der Waals surface area contributed by atoms with Gasteiger partial charge in [0.15, 0.2) is 0 Å². The number of thioether (sulfide) groups is 1. The van der Waals surface area contributed by atoms with Crippen LogP contribution >= 0.6 is 11.8 Å². The molecule has 0 aromatic rings. The van der Waals surface area contributed by atoms with E-state index in [1.807, 2.05) is 6.92 Å². The Morgan fingerprint density at radius 3 is 2.54 bits per heavy atom. The van der Waals surface area contributed by atoms with Gasteiger partial charge < -0.3 is 15.5 Å². The van der Waals surface area contributed by atoms with Crippen LogP contribution in [0.1, 0.15) is 20.3 Å². The first-order chi connectivity index (χ1) is 12.3. The van der Waals surface area contributed by atoms with E-state index < -0.39 is 30.7 Å². The lowest BCUT2D eigenvalue weighted by Crippen LogP contribution is -2.59. The number of hydrogen-bond donors (Lipinski definition) is 2. The van der Waals surface area contributed by atoms with Gasteiger partial charge in [0, 0.05) is 44.4 Å². The minimum atomic E-state index is -4.42. The summed E-state index contributed by atoms with van der Waals surface area (Å²) in [6, 6.07) is -2.40. The van der Waals surface area contributed by atoms with Gasteiger partial charge in [-0.2, -0.15) is 13.2 Å². The van der Waals surface area contributed by atoms with E-state index in [9.17, 15) is 22.8 Å². The second kappa shape index (κ2) is 9.27. The number of alkyl halides is 3. The summed E-state index contributed by atoms with van der Waals surface area (Å²) in [4.78, 5) is 27.7. The number of nitrogens with one attached hydrogen (secondary N) is 2. The summed E-state index contributed by atoms with van der Waals surface area (Å²) in [6.45, 7) is 4.77. The first-order valence-corrected chi connectivity index (χ1v) is 10.1. The van der Waals surface area contributed by atoms with Crippen molar-refractivity contribution in [1.29, 1.82) is 0 Å². The van der Waals surface area contributed by atoms with E-state index in [2.05, 4.69) is 10.6 Å². The fourth-order valence-corrected chi connectivity index (χ4v) is 4.26. The molecule has 3 atom stereocenters. The van der Waals surface area contributed by atoms with Crippen LogP contribution in [0.2, 0.25) is 0 Å². The highest BCUT2D eigenvalue weighted by Crippen LogP contribution is 2.26. The molecule has 6 nitrogen and oxygen atoms in total. The fourth-order valence-electron chi connectivity index (χ4n) is 3.10. The summed E-state index contributed by atoms with van der Waals surface area (Å²) in [5.74, 6) is -0.00368. The zero-order valence-electron chi connectivity index (χ0n) is 15.1. The first-order valence-electron chi connectivity index (χ1n) is 8.93. The van der Waals surface area contributed by atoms with E-state index in [1.54, 1.807) is 6.92 Å². The van der Waals surface area contributed by atoms with E-state index in [0.29, 0.717) is 31.1 Å². The Hall–Kier alpha value is -1.00. The molecular formula is C16H27F3N4O2S. The molecule has 0 saturated carbocycles. The summed E-state index contributed by atoms with van der Waals surface area (Å²) >= 11 is 1.45. The van der Waals surface area contributed by atoms with Gasteiger partial charge in [-0.05, 0) is 6.42 Å². The highest BCUT2D eigenvalue weighted by molar-refractivity contribution is 7.99. The third-order valence-electron chi connectivity index (χ3n) is 4.94. The number of carbonyl (C=O) groups excluding carboxylic acids is 2. The summed E-state index contributed by atoms with van der Waals surface area (Å²) in [7, 11) is 0. The Morgan fingerprint density at radius 2 is 1.96 bits per heavy atom. The highest BCUT2D eigenvalue weighted by atomic mass is 32.2. The van der Waals surface area contributed by atoms with Crippen LogP contribution in [0.15, 0.2) is 0 Å². The van der Waals surface area contributed by atoms with Crippen molar-refractivity contribution in [2.24, 2.45) is 5.92 Å². The molecule has 0 bridgehead atoms. The summed E-state index contributed by atoms with van der Waals surface area (Å²) < 4.78 is 40.2. The van der Waals surface area contributed by atoms with Crippen LogP contribution in [0.25, 0.3) is 0 Å². The molecule has 0 spiro atoms. The largest absolute Gasteiger partial charge is 0.405 e. The minimum absolute atomic E-state index is 0.118. The van der Waals surface area contributed by atoms with E-state index in [1.165, 1.54) is 21.6 Å². The van der Waals surface area contributed by atoms with Crippen molar-refractivity contribution in [3.8, 4) is 0 Å². The zero-order valence-corrected chi connectivity index (χ0v) is 16.0. The second-order valence-corrected chi connectivity index (χ2v) is 7.72. The lowest BCUT2D eigenvalue weighted by Gasteiger charge is -2.36. The van der Waals surface area contributed by atoms with E-state index in [-0.39, 0.29) is 24.9 Å². The highest BCUT2D eigenvalue weighted by Gasteiger charge is 2.44. The fraction of sp³-hybridized carbons (Fsp3) is 0.875. The molecule has 2 N–H and O–H groups in total. The molecule has 2 saturated heterocycles. The van der Waals surface area contributed by atoms with Crippen LogP contribution in [0.3, 0.4) is 0 Å². The molecule has 0 aliphatic carbocycles. The average Bonchev–Trinajstić information content (AvgIpc) is 3.10. The Kier molecular flexibility index (Phi) is 7.60. The maximum atomic E-state index is 13.4. The average molecular weight is 396 g/mol. The smallest absolute Gasteiger partial charge is 0.352 e. The van der Waals surface area contributed by atoms with Crippen LogP contribution < -0.4 is 10.6 Å². The lowest BCUT2D eigenvalue weighted by atomic mass is 10.1. The molecule has 0 radical (unpaired) electrons. The van der Waals surface area contributed by atoms with Crippen molar-refractivity contribution in [2.45, 2.75) is 38.5 Å². The molecule has 2 aliphatic rings. The van der Waals surface area contributed by atoms with Gasteiger partial charge in [0.1, 0.15) is 12.1 Å². The van der Waals surface area contributed by atoms with Crippen molar-refractivity contribution < 1.29 is 22.8 Å². The summed E-state index contributed by atoms with van der Waals surface area (Å²) in [5.41, 5.74) is 0. The number of amides is 2. The van der Waals surface area contributed by atoms with Gasteiger partial charge in [-0.1, -0.05) is 13.8 Å². The summed E-state index contributed by atoms with van der Waals surface area (Å²) in [6.07, 6.45) is -3.76. The predicted octanol–water partition coefficient (Wildman–Crippen LogP) is 0.886. The third-order valence-corrected chi connectivity index (χ3v) is 5.95. The molecule has 2 rings (SSSR count). The number of hydrogen-bond acceptors (Lipinski definition) is 5. The molecule has 2 aliphatic heterocycles. The Morgan fingerprint density at radius 1 is 1.31 bits per heavy atom. The molecule has 2 fully saturated rings. The van der Waals surface area contributed by atoms with Gasteiger partial charge in [-0.3, -0.25) is 14.5 Å². The lowest BCUT2D eigenvalue weighted by molar-refractivity contribution is -0.184. The van der Waals surface area contributed by atoms with Crippen molar-refractivity contribution in [1.82, 2.24) is 20.4 Å². The van der Waals surface area contributed by atoms with Crippen LogP contribution in [0.5, 0.6) is 0 Å². The first kappa shape index (κ1) is 21.3. The maximum Gasteiger partial charge on any atom is 0.405 e. The van der Waals surface area contributed by atoms with E-state index in [0.717, 1.165) is 0 Å². The number of rotatable bonds is 6. The number of nitrogens with zero attached hydrogens (tertiary/aromatic N) is 2. The van der Waals surface area contributed by atoms with Gasteiger partial charge in [-0.25, -0.2) is 0 Å². The monoisotopic (exact) mass is 396 g/mol. The van der Waals surface area contributed by atoms with Gasteiger partial charge >= 0.3 is 6.18 Å². The molecule has 3 unspecified atom stereocenters. The SMILES string of the molecule is CCC(C)C(=O)N1CSCC1C(=O)NCC(N1CCNCC1)C(F)(F)F. The zero-order chi connectivity index (χ0) is 19.3. The van der Waals surface area contributed by atoms with Crippen LogP contribution in [0.4, 0.5) is 13.2 Å². The minimum Gasteiger partial charge on any atom is -0.352 e. The normalized spacial score (nSPS) is 24.3. The van der Waals surface area contributed by atoms with Crippen molar-refractivity contribution >= 4 is 23.6 Å². The van der Waals surface area contributed by atoms with Gasteiger partial charge in [0.2, 0.25) is 11.8 Å². The Balaban J connectivity index is 1.97. The molecule has 26 heavy (non-hydrogen) atoms. The van der Waals surface area contributed by atoms with Gasteiger partial charge in [0.05, 0.1) is 5.88 Å². The quantitative estimate of drug-likeness (QED) is 0.698. The van der Waals surface area contributed by atoms with Crippen molar-refractivity contribution in [2.75, 3.05) is 44.4 Å². The van der Waals surface area contributed by atoms with Crippen molar-refractivity contribution in [3.63, 3.8) is 0 Å². The van der Waals surface area contributed by atoms with E-state index >= 15 is 0 Å². The topological polar surface area (TPSA) is 64.7 Å². The molecular weight excluding hydrogens is 369 g/mol. The summed E-state index contributed by atoms with van der Waals surface area (Å²) in [5, 5.41) is 5.46. The Labute approximate surface area is 156 Å². The standard InChI is InChI=1S/C16H27F3N4O2S/c1-3-11(2)15(25)23-10-26-9-12(23)14(24)21-8-13(16(17,18)19)22-6-4-20-5-7-22/h11-13,20H,3-10H2,1-2H3,(H,21,24). The molecule has 10 heteroatoms.